The van der Waals surface area contributed by atoms with Crippen LogP contribution in [0.1, 0.15) is 18.1 Å². The van der Waals surface area contributed by atoms with Gasteiger partial charge >= 0.3 is 11.2 Å². The molecule has 0 aliphatic carbocycles. The van der Waals surface area contributed by atoms with Gasteiger partial charge in [0, 0.05) is 12.4 Å². The van der Waals surface area contributed by atoms with Crippen LogP contribution >= 0.6 is 0 Å². The van der Waals surface area contributed by atoms with Gasteiger partial charge in [0.25, 0.3) is 0 Å². The van der Waals surface area contributed by atoms with E-state index in [-0.39, 0.29) is 16.9 Å². The first kappa shape index (κ1) is 15.0. The summed E-state index contributed by atoms with van der Waals surface area (Å²) in [6.07, 6.45) is 3.17. The summed E-state index contributed by atoms with van der Waals surface area (Å²) < 4.78 is 4.05. The monoisotopic (exact) mass is 310 g/mol. The van der Waals surface area contributed by atoms with E-state index in [1.807, 2.05) is 39.0 Å². The molecule has 2 aromatic heterocycles. The van der Waals surface area contributed by atoms with Gasteiger partial charge in [-0.25, -0.2) is 13.9 Å². The molecule has 0 aliphatic heterocycles. The summed E-state index contributed by atoms with van der Waals surface area (Å²) in [5.74, 6) is 0. The Balaban J connectivity index is 2.28. The number of aromatic nitrogens is 4. The molecule has 0 aliphatic rings. The first-order valence-corrected chi connectivity index (χ1v) is 7.31. The second-order valence-electron chi connectivity index (χ2n) is 5.85. The summed E-state index contributed by atoms with van der Waals surface area (Å²) in [6, 6.07) is 5.90. The van der Waals surface area contributed by atoms with Crippen molar-refractivity contribution in [3.63, 3.8) is 0 Å². The van der Waals surface area contributed by atoms with E-state index < -0.39 is 0 Å². The summed E-state index contributed by atoms with van der Waals surface area (Å²) in [7, 11) is 0. The third-order valence-corrected chi connectivity index (χ3v) is 3.69. The van der Waals surface area contributed by atoms with E-state index >= 15 is 0 Å². The number of hydrogen-bond acceptors (Lipinski definition) is 3. The van der Waals surface area contributed by atoms with Gasteiger partial charge in [-0.2, -0.15) is 0 Å². The molecule has 6 nitrogen and oxygen atoms in total. The quantitative estimate of drug-likeness (QED) is 0.694. The second-order valence-corrected chi connectivity index (χ2v) is 5.85. The molecule has 0 saturated heterocycles. The lowest BCUT2D eigenvalue weighted by atomic mass is 10.1. The van der Waals surface area contributed by atoms with E-state index in [9.17, 15) is 9.59 Å². The van der Waals surface area contributed by atoms with Gasteiger partial charge in [0.15, 0.2) is 0 Å². The third kappa shape index (κ3) is 2.52. The molecule has 0 radical (unpaired) electrons. The minimum absolute atomic E-state index is 0.111. The lowest BCUT2D eigenvalue weighted by molar-refractivity contribution is 0.651. The van der Waals surface area contributed by atoms with E-state index in [1.165, 1.54) is 13.6 Å². The van der Waals surface area contributed by atoms with E-state index in [0.717, 1.165) is 22.4 Å². The van der Waals surface area contributed by atoms with Crippen molar-refractivity contribution in [1.82, 2.24) is 18.7 Å². The number of rotatable bonds is 3. The van der Waals surface area contributed by atoms with Gasteiger partial charge in [-0.3, -0.25) is 9.36 Å². The fourth-order valence-electron chi connectivity index (χ4n) is 2.54. The molecule has 3 rings (SSSR count). The van der Waals surface area contributed by atoms with Crippen LogP contribution in [0.15, 0.2) is 52.3 Å². The first-order chi connectivity index (χ1) is 10.9. The van der Waals surface area contributed by atoms with Crippen molar-refractivity contribution in [2.75, 3.05) is 0 Å². The predicted molar refractivity (Wildman–Crippen MR) is 89.3 cm³/mol. The average Bonchev–Trinajstić information content (AvgIpc) is 2.80. The van der Waals surface area contributed by atoms with Gasteiger partial charge in [0.05, 0.1) is 12.2 Å². The minimum atomic E-state index is -0.340. The predicted octanol–water partition coefficient (Wildman–Crippen LogP) is 1.84. The number of fused-ring (bicyclic) bond motifs is 1. The van der Waals surface area contributed by atoms with Crippen LogP contribution in [0.2, 0.25) is 0 Å². The van der Waals surface area contributed by atoms with Gasteiger partial charge in [0.2, 0.25) is 5.65 Å². The normalized spacial score (nSPS) is 11.1. The SMILES string of the molecule is C=C(C)Cn1nc2c(=O)n(-c3cc(C)ccc3C)ccn2c1=O. The minimum Gasteiger partial charge on any atom is -0.279 e. The second kappa shape index (κ2) is 5.39. The smallest absolute Gasteiger partial charge is 0.279 e. The number of nitrogens with zero attached hydrogens (tertiary/aromatic N) is 4. The molecular weight excluding hydrogens is 292 g/mol. The molecule has 2 heterocycles. The van der Waals surface area contributed by atoms with Crippen molar-refractivity contribution in [2.45, 2.75) is 27.3 Å². The average molecular weight is 310 g/mol. The lowest BCUT2D eigenvalue weighted by Crippen LogP contribution is -2.24. The van der Waals surface area contributed by atoms with Gasteiger partial charge in [-0.15, -0.1) is 5.10 Å². The van der Waals surface area contributed by atoms with Gasteiger partial charge in [0.1, 0.15) is 0 Å². The van der Waals surface area contributed by atoms with Crippen molar-refractivity contribution < 1.29 is 0 Å². The highest BCUT2D eigenvalue weighted by Crippen LogP contribution is 2.14. The van der Waals surface area contributed by atoms with Crippen LogP contribution in [0.3, 0.4) is 0 Å². The van der Waals surface area contributed by atoms with Crippen molar-refractivity contribution in [1.29, 1.82) is 0 Å². The Kier molecular flexibility index (Phi) is 3.52. The largest absolute Gasteiger partial charge is 0.350 e. The molecule has 0 amide bonds. The number of benzene rings is 1. The van der Waals surface area contributed by atoms with E-state index in [2.05, 4.69) is 11.7 Å². The molecule has 0 bridgehead atoms. The molecule has 3 aromatic rings. The van der Waals surface area contributed by atoms with Crippen molar-refractivity contribution in [3.8, 4) is 5.69 Å². The third-order valence-electron chi connectivity index (χ3n) is 3.69. The topological polar surface area (TPSA) is 61.3 Å². The van der Waals surface area contributed by atoms with Crippen LogP contribution in [0.25, 0.3) is 11.3 Å². The highest BCUT2D eigenvalue weighted by Gasteiger charge is 2.13. The van der Waals surface area contributed by atoms with Crippen molar-refractivity contribution in [3.05, 3.63) is 74.7 Å². The summed E-state index contributed by atoms with van der Waals surface area (Å²) >= 11 is 0. The van der Waals surface area contributed by atoms with Crippen LogP contribution in [0.4, 0.5) is 0 Å². The maximum Gasteiger partial charge on any atom is 0.350 e. The number of aryl methyl sites for hydroxylation is 2. The lowest BCUT2D eigenvalue weighted by Gasteiger charge is -2.09. The highest BCUT2D eigenvalue weighted by atomic mass is 16.2. The van der Waals surface area contributed by atoms with Crippen LogP contribution in [-0.4, -0.2) is 18.7 Å². The number of hydrogen-bond donors (Lipinski definition) is 0. The Morgan fingerprint density at radius 2 is 1.96 bits per heavy atom. The van der Waals surface area contributed by atoms with E-state index in [4.69, 9.17) is 0 Å². The molecule has 118 valence electrons. The Labute approximate surface area is 132 Å². The Hall–Kier alpha value is -2.89. The molecule has 0 N–H and O–H groups in total. The van der Waals surface area contributed by atoms with Gasteiger partial charge < -0.3 is 0 Å². The highest BCUT2D eigenvalue weighted by molar-refractivity contribution is 5.46. The summed E-state index contributed by atoms with van der Waals surface area (Å²) in [5, 5.41) is 4.16. The molecule has 0 atom stereocenters. The van der Waals surface area contributed by atoms with Crippen LogP contribution in [-0.2, 0) is 6.54 Å². The molecular formula is C17H18N4O2. The van der Waals surface area contributed by atoms with Gasteiger partial charge in [-0.05, 0) is 38.0 Å². The fourth-order valence-corrected chi connectivity index (χ4v) is 2.54. The van der Waals surface area contributed by atoms with Crippen LogP contribution < -0.4 is 11.2 Å². The fraction of sp³-hybridized carbons (Fsp3) is 0.235. The molecule has 0 fully saturated rings. The van der Waals surface area contributed by atoms with Crippen LogP contribution in [0.5, 0.6) is 0 Å². The summed E-state index contributed by atoms with van der Waals surface area (Å²) in [6.45, 7) is 9.80. The van der Waals surface area contributed by atoms with Crippen LogP contribution in [0, 0.1) is 13.8 Å². The molecule has 0 unspecified atom stereocenters. The molecule has 6 heteroatoms. The Bertz CT molecular complexity index is 1040. The van der Waals surface area contributed by atoms with Crippen molar-refractivity contribution >= 4 is 5.65 Å². The first-order valence-electron chi connectivity index (χ1n) is 7.31. The van der Waals surface area contributed by atoms with E-state index in [1.54, 1.807) is 12.4 Å². The Morgan fingerprint density at radius 3 is 2.65 bits per heavy atom. The standard InChI is InChI=1S/C17H18N4O2/c1-11(2)10-21-17(23)20-8-7-19(16(22)15(20)18-21)14-9-12(3)5-6-13(14)4/h5-9H,1,10H2,2-4H3. The molecule has 23 heavy (non-hydrogen) atoms. The Morgan fingerprint density at radius 1 is 1.22 bits per heavy atom. The summed E-state index contributed by atoms with van der Waals surface area (Å²) in [4.78, 5) is 25.0. The molecule has 0 spiro atoms. The molecule has 0 saturated carbocycles. The zero-order chi connectivity index (χ0) is 16.7. The number of allylic oxidation sites excluding steroid dienone is 1. The van der Waals surface area contributed by atoms with E-state index in [0.29, 0.717) is 6.54 Å². The molecule has 1 aromatic carbocycles. The zero-order valence-electron chi connectivity index (χ0n) is 13.4. The summed E-state index contributed by atoms with van der Waals surface area (Å²) in [5.41, 5.74) is 3.07. The maximum absolute atomic E-state index is 12.7. The zero-order valence-corrected chi connectivity index (χ0v) is 13.4. The maximum atomic E-state index is 12.7. The van der Waals surface area contributed by atoms with Gasteiger partial charge in [-0.1, -0.05) is 24.3 Å². The van der Waals surface area contributed by atoms with Crippen molar-refractivity contribution in [2.24, 2.45) is 0 Å².